The fourth-order valence-electron chi connectivity index (χ4n) is 3.50. The zero-order valence-corrected chi connectivity index (χ0v) is 14.8. The van der Waals surface area contributed by atoms with E-state index in [1.54, 1.807) is 7.11 Å². The van der Waals surface area contributed by atoms with Gasteiger partial charge in [0, 0.05) is 52.4 Å². The first-order valence-corrected chi connectivity index (χ1v) is 8.98. The van der Waals surface area contributed by atoms with Crippen LogP contribution in [0.25, 0.3) is 0 Å². The van der Waals surface area contributed by atoms with Gasteiger partial charge in [0.05, 0.1) is 19.3 Å². The van der Waals surface area contributed by atoms with Crippen molar-refractivity contribution < 1.29 is 9.47 Å². The van der Waals surface area contributed by atoms with Crippen molar-refractivity contribution in [2.75, 3.05) is 72.7 Å². The SMILES string of the molecule is COCCN1CCN(C2CCN(CCOC(C)C)CC2)CC1. The molecule has 2 aliphatic heterocycles. The first-order chi connectivity index (χ1) is 10.7. The van der Waals surface area contributed by atoms with Crippen molar-refractivity contribution in [3.05, 3.63) is 0 Å². The maximum Gasteiger partial charge on any atom is 0.0596 e. The second-order valence-electron chi connectivity index (χ2n) is 6.86. The molecule has 0 bridgehead atoms. The van der Waals surface area contributed by atoms with Crippen LogP contribution in [0.2, 0.25) is 0 Å². The Morgan fingerprint density at radius 1 is 0.864 bits per heavy atom. The van der Waals surface area contributed by atoms with Gasteiger partial charge in [0.25, 0.3) is 0 Å². The molecule has 0 unspecified atom stereocenters. The van der Waals surface area contributed by atoms with Crippen LogP contribution in [-0.2, 0) is 9.47 Å². The Bertz CT molecular complexity index is 286. The third-order valence-corrected chi connectivity index (χ3v) is 4.95. The first-order valence-electron chi connectivity index (χ1n) is 8.98. The Morgan fingerprint density at radius 3 is 2.05 bits per heavy atom. The molecule has 0 N–H and O–H groups in total. The number of hydrogen-bond acceptors (Lipinski definition) is 5. The van der Waals surface area contributed by atoms with Crippen molar-refractivity contribution in [3.8, 4) is 0 Å². The second-order valence-corrected chi connectivity index (χ2v) is 6.86. The molecule has 2 heterocycles. The average molecular weight is 313 g/mol. The molecular weight excluding hydrogens is 278 g/mol. The monoisotopic (exact) mass is 313 g/mol. The third-order valence-electron chi connectivity index (χ3n) is 4.95. The van der Waals surface area contributed by atoms with Crippen LogP contribution < -0.4 is 0 Å². The highest BCUT2D eigenvalue weighted by atomic mass is 16.5. The van der Waals surface area contributed by atoms with E-state index in [4.69, 9.17) is 9.47 Å². The predicted octanol–water partition coefficient (Wildman–Crippen LogP) is 1.14. The van der Waals surface area contributed by atoms with Crippen molar-refractivity contribution in [2.45, 2.75) is 38.8 Å². The summed E-state index contributed by atoms with van der Waals surface area (Å²) in [4.78, 5) is 7.80. The fraction of sp³-hybridized carbons (Fsp3) is 1.00. The van der Waals surface area contributed by atoms with E-state index < -0.39 is 0 Å². The Balaban J connectivity index is 1.59. The smallest absolute Gasteiger partial charge is 0.0596 e. The van der Waals surface area contributed by atoms with Crippen LogP contribution in [0.15, 0.2) is 0 Å². The van der Waals surface area contributed by atoms with Crippen molar-refractivity contribution in [3.63, 3.8) is 0 Å². The summed E-state index contributed by atoms with van der Waals surface area (Å²) in [6.45, 7) is 15.4. The van der Waals surface area contributed by atoms with Crippen LogP contribution in [0, 0.1) is 0 Å². The van der Waals surface area contributed by atoms with Gasteiger partial charge in [-0.2, -0.15) is 0 Å². The number of methoxy groups -OCH3 is 1. The van der Waals surface area contributed by atoms with Crippen LogP contribution in [0.5, 0.6) is 0 Å². The molecule has 0 amide bonds. The maximum atomic E-state index is 5.66. The van der Waals surface area contributed by atoms with E-state index in [2.05, 4.69) is 28.5 Å². The highest BCUT2D eigenvalue weighted by Gasteiger charge is 2.27. The first kappa shape index (κ1) is 18.1. The molecule has 2 fully saturated rings. The molecule has 0 aliphatic carbocycles. The standard InChI is InChI=1S/C17H35N3O2/c1-16(2)22-15-13-18-6-4-17(5-7-18)20-10-8-19(9-11-20)12-14-21-3/h16-17H,4-15H2,1-3H3. The summed E-state index contributed by atoms with van der Waals surface area (Å²) < 4.78 is 10.8. The van der Waals surface area contributed by atoms with Crippen LogP contribution >= 0.6 is 0 Å². The molecule has 0 spiro atoms. The largest absolute Gasteiger partial charge is 0.383 e. The summed E-state index contributed by atoms with van der Waals surface area (Å²) in [5.41, 5.74) is 0. The number of piperidine rings is 1. The number of piperazine rings is 1. The molecule has 2 rings (SSSR count). The molecule has 5 nitrogen and oxygen atoms in total. The third kappa shape index (κ3) is 6.13. The number of hydrogen-bond donors (Lipinski definition) is 0. The normalized spacial score (nSPS) is 23.5. The molecule has 5 heteroatoms. The van der Waals surface area contributed by atoms with Crippen molar-refractivity contribution in [1.29, 1.82) is 0 Å². The van der Waals surface area contributed by atoms with Crippen molar-refractivity contribution in [2.24, 2.45) is 0 Å². The second kappa shape index (κ2) is 9.83. The molecule has 0 radical (unpaired) electrons. The van der Waals surface area contributed by atoms with Crippen LogP contribution in [0.1, 0.15) is 26.7 Å². The molecule has 2 aliphatic rings. The maximum absolute atomic E-state index is 5.66. The van der Waals surface area contributed by atoms with Crippen molar-refractivity contribution >= 4 is 0 Å². The van der Waals surface area contributed by atoms with E-state index in [1.165, 1.54) is 52.1 Å². The van der Waals surface area contributed by atoms with Gasteiger partial charge in [0.1, 0.15) is 0 Å². The summed E-state index contributed by atoms with van der Waals surface area (Å²) in [5, 5.41) is 0. The number of nitrogens with zero attached hydrogens (tertiary/aromatic N) is 3. The average Bonchev–Trinajstić information content (AvgIpc) is 2.54. The van der Waals surface area contributed by atoms with E-state index in [-0.39, 0.29) is 0 Å². The number of likely N-dealkylation sites (tertiary alicyclic amines) is 1. The van der Waals surface area contributed by atoms with E-state index in [0.29, 0.717) is 6.10 Å². The number of rotatable bonds is 8. The zero-order chi connectivity index (χ0) is 15.8. The van der Waals surface area contributed by atoms with Gasteiger partial charge in [0.2, 0.25) is 0 Å². The molecule has 2 saturated heterocycles. The minimum Gasteiger partial charge on any atom is -0.383 e. The summed E-state index contributed by atoms with van der Waals surface area (Å²) in [6.07, 6.45) is 2.99. The predicted molar refractivity (Wildman–Crippen MR) is 90.4 cm³/mol. The van der Waals surface area contributed by atoms with E-state index >= 15 is 0 Å². The molecule has 22 heavy (non-hydrogen) atoms. The highest BCUT2D eigenvalue weighted by molar-refractivity contribution is 4.83. The molecule has 0 aromatic heterocycles. The van der Waals surface area contributed by atoms with Gasteiger partial charge in [-0.15, -0.1) is 0 Å². The summed E-state index contributed by atoms with van der Waals surface area (Å²) in [5.74, 6) is 0. The molecular formula is C17H35N3O2. The molecule has 0 aromatic rings. The van der Waals surface area contributed by atoms with Gasteiger partial charge in [-0.05, 0) is 39.8 Å². The van der Waals surface area contributed by atoms with Crippen LogP contribution in [0.3, 0.4) is 0 Å². The quantitative estimate of drug-likeness (QED) is 0.670. The minimum absolute atomic E-state index is 0.354. The lowest BCUT2D eigenvalue weighted by Gasteiger charge is -2.42. The summed E-state index contributed by atoms with van der Waals surface area (Å²) >= 11 is 0. The van der Waals surface area contributed by atoms with Gasteiger partial charge >= 0.3 is 0 Å². The lowest BCUT2D eigenvalue weighted by atomic mass is 10.0. The van der Waals surface area contributed by atoms with Crippen LogP contribution in [-0.4, -0.2) is 99.5 Å². The topological polar surface area (TPSA) is 28.2 Å². The van der Waals surface area contributed by atoms with Gasteiger partial charge in [-0.3, -0.25) is 9.80 Å². The Morgan fingerprint density at radius 2 is 1.45 bits per heavy atom. The fourth-order valence-corrected chi connectivity index (χ4v) is 3.50. The van der Waals surface area contributed by atoms with Gasteiger partial charge in [-0.25, -0.2) is 0 Å². The Hall–Kier alpha value is -0.200. The molecule has 0 saturated carbocycles. The lowest BCUT2D eigenvalue weighted by molar-refractivity contribution is 0.0293. The molecule has 130 valence electrons. The Labute approximate surface area is 136 Å². The molecule has 0 atom stereocenters. The van der Waals surface area contributed by atoms with Gasteiger partial charge < -0.3 is 14.4 Å². The highest BCUT2D eigenvalue weighted by Crippen LogP contribution is 2.18. The van der Waals surface area contributed by atoms with E-state index in [1.807, 2.05) is 0 Å². The summed E-state index contributed by atoms with van der Waals surface area (Å²) in [6, 6.07) is 0.798. The van der Waals surface area contributed by atoms with E-state index in [9.17, 15) is 0 Å². The van der Waals surface area contributed by atoms with Crippen molar-refractivity contribution in [1.82, 2.24) is 14.7 Å². The van der Waals surface area contributed by atoms with Gasteiger partial charge in [-0.1, -0.05) is 0 Å². The zero-order valence-electron chi connectivity index (χ0n) is 14.8. The molecule has 0 aromatic carbocycles. The Kier molecular flexibility index (Phi) is 8.11. The summed E-state index contributed by atoms with van der Waals surface area (Å²) in [7, 11) is 1.79. The van der Waals surface area contributed by atoms with E-state index in [0.717, 1.165) is 32.3 Å². The van der Waals surface area contributed by atoms with Gasteiger partial charge in [0.15, 0.2) is 0 Å². The lowest BCUT2D eigenvalue weighted by Crippen LogP contribution is -2.53. The van der Waals surface area contributed by atoms with Crippen LogP contribution in [0.4, 0.5) is 0 Å². The minimum atomic E-state index is 0.354. The number of ether oxygens (including phenoxy) is 2.